The molecule has 2 N–H and O–H groups in total. The van der Waals surface area contributed by atoms with E-state index in [1.54, 1.807) is 41.6 Å². The second-order valence-electron chi connectivity index (χ2n) is 5.22. The van der Waals surface area contributed by atoms with Gasteiger partial charge in [0.2, 0.25) is 0 Å². The van der Waals surface area contributed by atoms with Crippen LogP contribution in [-0.4, -0.2) is 38.7 Å². The first kappa shape index (κ1) is 12.8. The highest BCUT2D eigenvalue weighted by molar-refractivity contribution is 5.93. The van der Waals surface area contributed by atoms with Crippen molar-refractivity contribution in [1.29, 1.82) is 0 Å². The van der Waals surface area contributed by atoms with E-state index in [0.717, 1.165) is 12.8 Å². The summed E-state index contributed by atoms with van der Waals surface area (Å²) in [4.78, 5) is 20.2. The predicted molar refractivity (Wildman–Crippen MR) is 72.4 cm³/mol. The summed E-state index contributed by atoms with van der Waals surface area (Å²) >= 11 is 0. The zero-order chi connectivity index (χ0) is 14.0. The Morgan fingerprint density at radius 3 is 2.85 bits per heavy atom. The Morgan fingerprint density at radius 2 is 2.30 bits per heavy atom. The third-order valence-corrected chi connectivity index (χ3v) is 3.70. The summed E-state index contributed by atoms with van der Waals surface area (Å²) in [7, 11) is 0. The van der Waals surface area contributed by atoms with Gasteiger partial charge in [-0.25, -0.2) is 9.97 Å². The number of carbonyl (C=O) groups excluding carboxylic acids is 1. The average Bonchev–Trinajstić information content (AvgIpc) is 3.07. The molecule has 0 saturated heterocycles. The van der Waals surface area contributed by atoms with E-state index in [-0.39, 0.29) is 17.9 Å². The molecule has 1 fully saturated rings. The normalized spacial score (nSPS) is 15.8. The molecule has 2 aromatic rings. The van der Waals surface area contributed by atoms with Crippen LogP contribution in [0.4, 0.5) is 0 Å². The largest absolute Gasteiger partial charge is 0.396 e. The summed E-state index contributed by atoms with van der Waals surface area (Å²) in [5, 5.41) is 12.1. The van der Waals surface area contributed by atoms with Crippen LogP contribution in [0.2, 0.25) is 0 Å². The van der Waals surface area contributed by atoms with E-state index in [9.17, 15) is 9.90 Å². The predicted octanol–water partition coefficient (Wildman–Crippen LogP) is 0.770. The van der Waals surface area contributed by atoms with Gasteiger partial charge in [-0.2, -0.15) is 0 Å². The number of aliphatic hydroxyl groups excluding tert-OH is 1. The second-order valence-corrected chi connectivity index (χ2v) is 5.22. The maximum absolute atomic E-state index is 12.0. The smallest absolute Gasteiger partial charge is 0.252 e. The zero-order valence-electron chi connectivity index (χ0n) is 11.0. The molecule has 0 bridgehead atoms. The molecule has 1 amide bonds. The third kappa shape index (κ3) is 2.55. The minimum Gasteiger partial charge on any atom is -0.396 e. The van der Waals surface area contributed by atoms with Crippen LogP contribution < -0.4 is 5.32 Å². The number of aliphatic hydroxyl groups is 1. The number of pyridine rings is 1. The van der Waals surface area contributed by atoms with Gasteiger partial charge in [0.25, 0.3) is 5.91 Å². The van der Waals surface area contributed by atoms with Gasteiger partial charge >= 0.3 is 0 Å². The summed E-state index contributed by atoms with van der Waals surface area (Å²) in [6, 6.07) is 3.51. The van der Waals surface area contributed by atoms with E-state index in [1.807, 2.05) is 0 Å². The SMILES string of the molecule is O=C(NCC1(CO)CC1)c1ccc(-n2ccnc2)nc1. The van der Waals surface area contributed by atoms with E-state index in [1.165, 1.54) is 0 Å². The molecule has 20 heavy (non-hydrogen) atoms. The Bertz CT molecular complexity index is 588. The Hall–Kier alpha value is -2.21. The Balaban J connectivity index is 1.64. The van der Waals surface area contributed by atoms with Crippen molar-refractivity contribution in [3.05, 3.63) is 42.6 Å². The summed E-state index contributed by atoms with van der Waals surface area (Å²) in [5.74, 6) is 0.558. The summed E-state index contributed by atoms with van der Waals surface area (Å²) in [5.41, 5.74) is 0.433. The molecule has 6 nitrogen and oxygen atoms in total. The Morgan fingerprint density at radius 1 is 1.45 bits per heavy atom. The summed E-state index contributed by atoms with van der Waals surface area (Å²) in [6.07, 6.45) is 8.61. The number of aromatic nitrogens is 3. The fraction of sp³-hybridized carbons (Fsp3) is 0.357. The highest BCUT2D eigenvalue weighted by atomic mass is 16.3. The van der Waals surface area contributed by atoms with Crippen molar-refractivity contribution in [3.63, 3.8) is 0 Å². The van der Waals surface area contributed by atoms with Gasteiger partial charge < -0.3 is 10.4 Å². The maximum Gasteiger partial charge on any atom is 0.252 e. The van der Waals surface area contributed by atoms with Crippen molar-refractivity contribution >= 4 is 5.91 Å². The number of amides is 1. The van der Waals surface area contributed by atoms with Crippen LogP contribution in [0.15, 0.2) is 37.1 Å². The molecule has 1 aliphatic rings. The lowest BCUT2D eigenvalue weighted by molar-refractivity contribution is 0.0935. The molecule has 3 rings (SSSR count). The van der Waals surface area contributed by atoms with Crippen molar-refractivity contribution < 1.29 is 9.90 Å². The molecular weight excluding hydrogens is 256 g/mol. The summed E-state index contributed by atoms with van der Waals surface area (Å²) in [6.45, 7) is 0.650. The monoisotopic (exact) mass is 272 g/mol. The molecule has 0 aliphatic heterocycles. The van der Waals surface area contributed by atoms with Crippen molar-refractivity contribution in [3.8, 4) is 5.82 Å². The molecule has 1 aliphatic carbocycles. The molecular formula is C14H16N4O2. The number of imidazole rings is 1. The van der Waals surface area contributed by atoms with Crippen molar-refractivity contribution in [2.75, 3.05) is 13.2 Å². The first-order chi connectivity index (χ1) is 9.72. The lowest BCUT2D eigenvalue weighted by Crippen LogP contribution is -2.31. The third-order valence-electron chi connectivity index (χ3n) is 3.70. The molecule has 0 atom stereocenters. The fourth-order valence-electron chi connectivity index (χ4n) is 2.01. The van der Waals surface area contributed by atoms with Crippen LogP contribution >= 0.6 is 0 Å². The van der Waals surface area contributed by atoms with E-state index in [2.05, 4.69) is 15.3 Å². The number of hydrogen-bond acceptors (Lipinski definition) is 4. The Labute approximate surface area is 116 Å². The zero-order valence-corrected chi connectivity index (χ0v) is 11.0. The van der Waals surface area contributed by atoms with Crippen LogP contribution in [0.25, 0.3) is 5.82 Å². The number of nitrogens with one attached hydrogen (secondary N) is 1. The van der Waals surface area contributed by atoms with Crippen molar-refractivity contribution in [1.82, 2.24) is 19.9 Å². The van der Waals surface area contributed by atoms with Gasteiger partial charge in [0.15, 0.2) is 0 Å². The lowest BCUT2D eigenvalue weighted by Gasteiger charge is -2.12. The number of carbonyl (C=O) groups is 1. The first-order valence-corrected chi connectivity index (χ1v) is 6.56. The highest BCUT2D eigenvalue weighted by Gasteiger charge is 2.42. The van der Waals surface area contributed by atoms with E-state index in [4.69, 9.17) is 0 Å². The van der Waals surface area contributed by atoms with E-state index >= 15 is 0 Å². The van der Waals surface area contributed by atoms with E-state index in [0.29, 0.717) is 17.9 Å². The highest BCUT2D eigenvalue weighted by Crippen LogP contribution is 2.44. The molecule has 0 aromatic carbocycles. The van der Waals surface area contributed by atoms with E-state index < -0.39 is 0 Å². The van der Waals surface area contributed by atoms with Gasteiger partial charge in [-0.15, -0.1) is 0 Å². The molecule has 0 spiro atoms. The molecule has 2 aromatic heterocycles. The summed E-state index contributed by atoms with van der Waals surface area (Å²) < 4.78 is 1.77. The molecule has 104 valence electrons. The molecule has 0 unspecified atom stereocenters. The number of nitrogens with zero attached hydrogens (tertiary/aromatic N) is 3. The van der Waals surface area contributed by atoms with Crippen molar-refractivity contribution in [2.24, 2.45) is 5.41 Å². The van der Waals surface area contributed by atoms with Crippen LogP contribution in [0.1, 0.15) is 23.2 Å². The van der Waals surface area contributed by atoms with Gasteiger partial charge in [-0.3, -0.25) is 9.36 Å². The molecule has 6 heteroatoms. The van der Waals surface area contributed by atoms with Gasteiger partial charge in [0.1, 0.15) is 12.1 Å². The van der Waals surface area contributed by atoms with Gasteiger partial charge in [-0.1, -0.05) is 0 Å². The topological polar surface area (TPSA) is 80.0 Å². The standard InChI is InChI=1S/C14H16N4O2/c19-9-14(3-4-14)8-17-13(20)11-1-2-12(16-7-11)18-6-5-15-10-18/h1-2,5-7,10,19H,3-4,8-9H2,(H,17,20). The van der Waals surface area contributed by atoms with Crippen LogP contribution in [-0.2, 0) is 0 Å². The maximum atomic E-state index is 12.0. The average molecular weight is 272 g/mol. The minimum atomic E-state index is -0.158. The number of hydrogen-bond donors (Lipinski definition) is 2. The number of rotatable bonds is 5. The molecule has 0 radical (unpaired) electrons. The second kappa shape index (κ2) is 5.05. The van der Waals surface area contributed by atoms with Gasteiger partial charge in [-0.05, 0) is 25.0 Å². The Kier molecular flexibility index (Phi) is 3.23. The minimum absolute atomic E-state index is 0.0835. The van der Waals surface area contributed by atoms with Crippen LogP contribution in [0.3, 0.4) is 0 Å². The molecule has 1 saturated carbocycles. The molecule has 2 heterocycles. The van der Waals surface area contributed by atoms with Gasteiger partial charge in [0.05, 0.1) is 12.2 Å². The quantitative estimate of drug-likeness (QED) is 0.842. The van der Waals surface area contributed by atoms with Crippen LogP contribution in [0.5, 0.6) is 0 Å². The lowest BCUT2D eigenvalue weighted by atomic mass is 10.1. The van der Waals surface area contributed by atoms with Crippen LogP contribution in [0, 0.1) is 5.41 Å². The fourth-order valence-corrected chi connectivity index (χ4v) is 2.01. The first-order valence-electron chi connectivity index (χ1n) is 6.56. The van der Waals surface area contributed by atoms with Gasteiger partial charge in [0, 0.05) is 30.6 Å². The van der Waals surface area contributed by atoms with Crippen molar-refractivity contribution in [2.45, 2.75) is 12.8 Å².